The Balaban J connectivity index is 2.68. The van der Waals surface area contributed by atoms with Crippen molar-refractivity contribution in [2.75, 3.05) is 0 Å². The topological polar surface area (TPSA) is 17.1 Å². The maximum absolute atomic E-state index is 11.8. The Bertz CT molecular complexity index is 567. The highest BCUT2D eigenvalue weighted by Crippen LogP contribution is 2.28. The lowest BCUT2D eigenvalue weighted by atomic mass is 9.91. The van der Waals surface area contributed by atoms with Gasteiger partial charge >= 0.3 is 0 Å². The van der Waals surface area contributed by atoms with Crippen LogP contribution < -0.4 is 0 Å². The molecule has 2 rings (SSSR count). The average molecular weight is 236 g/mol. The van der Waals surface area contributed by atoms with Gasteiger partial charge in [-0.25, -0.2) is 0 Å². The van der Waals surface area contributed by atoms with E-state index < -0.39 is 0 Å². The summed E-state index contributed by atoms with van der Waals surface area (Å²) in [6.07, 6.45) is 2.64. The van der Waals surface area contributed by atoms with Crippen molar-refractivity contribution in [2.45, 2.75) is 13.3 Å². The Morgan fingerprint density at radius 2 is 1.83 bits per heavy atom. The molecule has 2 aromatic carbocycles. The van der Waals surface area contributed by atoms with Crippen molar-refractivity contribution < 1.29 is 4.79 Å². The highest BCUT2D eigenvalue weighted by atomic mass is 16.1. The number of allylic oxidation sites excluding steroid dienone is 1. The van der Waals surface area contributed by atoms with Crippen LogP contribution in [0.4, 0.5) is 0 Å². The molecule has 0 fully saturated rings. The van der Waals surface area contributed by atoms with Gasteiger partial charge in [0.1, 0.15) is 0 Å². The Morgan fingerprint density at radius 3 is 2.44 bits per heavy atom. The molecule has 0 N–H and O–H groups in total. The van der Waals surface area contributed by atoms with Crippen molar-refractivity contribution in [3.05, 3.63) is 72.3 Å². The Morgan fingerprint density at radius 1 is 1.11 bits per heavy atom. The zero-order valence-corrected chi connectivity index (χ0v) is 10.5. The monoisotopic (exact) mass is 236 g/mol. The first kappa shape index (κ1) is 12.3. The summed E-state index contributed by atoms with van der Waals surface area (Å²) in [6, 6.07) is 15.9. The first-order valence-electron chi connectivity index (χ1n) is 6.03. The summed E-state index contributed by atoms with van der Waals surface area (Å²) in [5.74, 6) is 0.0970. The molecule has 0 aliphatic rings. The quantitative estimate of drug-likeness (QED) is 0.572. The third-order valence-corrected chi connectivity index (χ3v) is 2.96. The smallest absolute Gasteiger partial charge is 0.160 e. The molecule has 0 bridgehead atoms. The molecule has 0 heterocycles. The number of rotatable bonds is 4. The maximum Gasteiger partial charge on any atom is 0.160 e. The summed E-state index contributed by atoms with van der Waals surface area (Å²) >= 11 is 0. The molecular weight excluding hydrogens is 220 g/mol. The number of benzene rings is 2. The lowest BCUT2D eigenvalue weighted by Gasteiger charge is -2.12. The maximum atomic E-state index is 11.8. The van der Waals surface area contributed by atoms with Gasteiger partial charge in [0, 0.05) is 5.56 Å². The highest BCUT2D eigenvalue weighted by molar-refractivity contribution is 6.01. The van der Waals surface area contributed by atoms with Gasteiger partial charge in [-0.2, -0.15) is 0 Å². The van der Waals surface area contributed by atoms with Gasteiger partial charge in [-0.05, 0) is 30.0 Å². The van der Waals surface area contributed by atoms with E-state index in [0.717, 1.165) is 28.7 Å². The fourth-order valence-corrected chi connectivity index (χ4v) is 2.16. The van der Waals surface area contributed by atoms with Crippen LogP contribution in [-0.4, -0.2) is 5.78 Å². The minimum atomic E-state index is 0.0970. The van der Waals surface area contributed by atoms with E-state index in [4.69, 9.17) is 0 Å². The molecule has 90 valence electrons. The second kappa shape index (κ2) is 5.46. The third kappa shape index (κ3) is 2.40. The summed E-state index contributed by atoms with van der Waals surface area (Å²) in [6.45, 7) is 5.39. The van der Waals surface area contributed by atoms with Crippen LogP contribution in [0, 0.1) is 0 Å². The van der Waals surface area contributed by atoms with Crippen molar-refractivity contribution in [1.82, 2.24) is 0 Å². The lowest BCUT2D eigenvalue weighted by molar-refractivity contribution is 0.101. The van der Waals surface area contributed by atoms with E-state index in [9.17, 15) is 4.79 Å². The predicted molar refractivity (Wildman–Crippen MR) is 75.8 cm³/mol. The van der Waals surface area contributed by atoms with Gasteiger partial charge in [0.05, 0.1) is 0 Å². The second-order valence-electron chi connectivity index (χ2n) is 4.25. The summed E-state index contributed by atoms with van der Waals surface area (Å²) in [7, 11) is 0. The number of ketones is 1. The fourth-order valence-electron chi connectivity index (χ4n) is 2.16. The summed E-state index contributed by atoms with van der Waals surface area (Å²) in [4.78, 5) is 11.8. The standard InChI is InChI=1S/C17H16O/c1-3-8-14-11-7-12-16(13(2)18)17(14)15-9-5-4-6-10-15/h3-7,9-12H,1,8H2,2H3. The van der Waals surface area contributed by atoms with Crippen LogP contribution in [0.2, 0.25) is 0 Å². The van der Waals surface area contributed by atoms with E-state index in [1.165, 1.54) is 0 Å². The molecule has 0 aliphatic heterocycles. The van der Waals surface area contributed by atoms with Gasteiger partial charge in [0.25, 0.3) is 0 Å². The van der Waals surface area contributed by atoms with E-state index in [1.807, 2.05) is 48.5 Å². The molecule has 0 aliphatic carbocycles. The molecule has 0 atom stereocenters. The van der Waals surface area contributed by atoms with Gasteiger partial charge in [0.2, 0.25) is 0 Å². The van der Waals surface area contributed by atoms with Gasteiger partial charge < -0.3 is 0 Å². The molecule has 0 saturated carbocycles. The molecular formula is C17H16O. The van der Waals surface area contributed by atoms with Gasteiger partial charge in [-0.3, -0.25) is 4.79 Å². The molecule has 18 heavy (non-hydrogen) atoms. The third-order valence-electron chi connectivity index (χ3n) is 2.96. The first-order chi connectivity index (χ1) is 8.74. The summed E-state index contributed by atoms with van der Waals surface area (Å²) in [5, 5.41) is 0. The van der Waals surface area contributed by atoms with Crippen LogP contribution in [0.15, 0.2) is 61.2 Å². The van der Waals surface area contributed by atoms with Crippen molar-refractivity contribution in [1.29, 1.82) is 0 Å². The van der Waals surface area contributed by atoms with E-state index in [-0.39, 0.29) is 5.78 Å². The molecule has 0 unspecified atom stereocenters. The van der Waals surface area contributed by atoms with Gasteiger partial charge in [-0.1, -0.05) is 54.6 Å². The predicted octanol–water partition coefficient (Wildman–Crippen LogP) is 4.28. The summed E-state index contributed by atoms with van der Waals surface area (Å²) < 4.78 is 0. The van der Waals surface area contributed by atoms with E-state index in [1.54, 1.807) is 6.92 Å². The Hall–Kier alpha value is -2.15. The second-order valence-corrected chi connectivity index (χ2v) is 4.25. The normalized spacial score (nSPS) is 10.1. The van der Waals surface area contributed by atoms with Crippen molar-refractivity contribution in [3.63, 3.8) is 0 Å². The van der Waals surface area contributed by atoms with Crippen molar-refractivity contribution >= 4 is 5.78 Å². The molecule has 1 heteroatoms. The SMILES string of the molecule is C=CCc1cccc(C(C)=O)c1-c1ccccc1. The zero-order valence-electron chi connectivity index (χ0n) is 10.5. The van der Waals surface area contributed by atoms with Crippen LogP contribution in [0.25, 0.3) is 11.1 Å². The van der Waals surface area contributed by atoms with Gasteiger partial charge in [0.15, 0.2) is 5.78 Å². The van der Waals surface area contributed by atoms with Crippen LogP contribution in [0.5, 0.6) is 0 Å². The number of hydrogen-bond acceptors (Lipinski definition) is 1. The highest BCUT2D eigenvalue weighted by Gasteiger charge is 2.12. The number of Topliss-reactive ketones (excluding diaryl/α,β-unsaturated/α-hetero) is 1. The summed E-state index contributed by atoms with van der Waals surface area (Å²) in [5.41, 5.74) is 4.04. The molecule has 0 spiro atoms. The molecule has 0 radical (unpaired) electrons. The number of carbonyl (C=O) groups is 1. The van der Waals surface area contributed by atoms with E-state index in [0.29, 0.717) is 0 Å². The number of carbonyl (C=O) groups excluding carboxylic acids is 1. The Labute approximate surface area is 108 Å². The molecule has 0 saturated heterocycles. The minimum absolute atomic E-state index is 0.0970. The molecule has 1 nitrogen and oxygen atoms in total. The Kier molecular flexibility index (Phi) is 3.73. The zero-order chi connectivity index (χ0) is 13.0. The van der Waals surface area contributed by atoms with E-state index >= 15 is 0 Å². The van der Waals surface area contributed by atoms with E-state index in [2.05, 4.69) is 12.6 Å². The van der Waals surface area contributed by atoms with Crippen LogP contribution in [0.3, 0.4) is 0 Å². The van der Waals surface area contributed by atoms with Gasteiger partial charge in [-0.15, -0.1) is 6.58 Å². The van der Waals surface area contributed by atoms with Crippen LogP contribution in [0.1, 0.15) is 22.8 Å². The number of hydrogen-bond donors (Lipinski definition) is 0. The molecule has 0 aromatic heterocycles. The first-order valence-corrected chi connectivity index (χ1v) is 6.03. The van der Waals surface area contributed by atoms with Crippen molar-refractivity contribution in [3.8, 4) is 11.1 Å². The van der Waals surface area contributed by atoms with Crippen LogP contribution in [-0.2, 0) is 6.42 Å². The molecule has 2 aromatic rings. The largest absolute Gasteiger partial charge is 0.294 e. The van der Waals surface area contributed by atoms with Crippen molar-refractivity contribution in [2.24, 2.45) is 0 Å². The lowest BCUT2D eigenvalue weighted by Crippen LogP contribution is -2.00. The minimum Gasteiger partial charge on any atom is -0.294 e. The average Bonchev–Trinajstić information content (AvgIpc) is 2.40. The fraction of sp³-hybridized carbons (Fsp3) is 0.118. The molecule has 0 amide bonds. The van der Waals surface area contributed by atoms with Crippen LogP contribution >= 0.6 is 0 Å².